The fourth-order valence-electron chi connectivity index (χ4n) is 0.905. The smallest absolute Gasteiger partial charge is 0.220 e. The van der Waals surface area contributed by atoms with Crippen LogP contribution in [0.2, 0.25) is 0 Å². The van der Waals surface area contributed by atoms with E-state index in [1.807, 2.05) is 0 Å². The molecule has 0 saturated carbocycles. The summed E-state index contributed by atoms with van der Waals surface area (Å²) >= 11 is 0. The van der Waals surface area contributed by atoms with Gasteiger partial charge >= 0.3 is 0 Å². The number of amides is 1. The number of nitrogens with one attached hydrogen (secondary N) is 1. The Balaban J connectivity index is 3.65. The second-order valence-corrected chi connectivity index (χ2v) is 8.05. The first-order valence-corrected chi connectivity index (χ1v) is 8.39. The SMILES string of the molecule is CC(C)(CNC(=O)CCCC=O)SSP. The molecule has 0 rings (SSSR count). The largest absolute Gasteiger partial charge is 0.355 e. The lowest BCUT2D eigenvalue weighted by Gasteiger charge is -2.22. The highest BCUT2D eigenvalue weighted by atomic mass is 33.3. The van der Waals surface area contributed by atoms with Crippen molar-refractivity contribution in [2.75, 3.05) is 6.54 Å². The van der Waals surface area contributed by atoms with Gasteiger partial charge in [0, 0.05) is 24.1 Å². The molecule has 0 aliphatic rings. The van der Waals surface area contributed by atoms with E-state index in [0.717, 1.165) is 6.29 Å². The predicted octanol–water partition coefficient (Wildman–Crippen LogP) is 2.42. The van der Waals surface area contributed by atoms with Gasteiger partial charge in [-0.15, -0.1) is 0 Å². The van der Waals surface area contributed by atoms with Gasteiger partial charge in [-0.2, -0.15) is 0 Å². The monoisotopic (exact) mass is 267 g/mol. The third-order valence-electron chi connectivity index (χ3n) is 1.71. The fourth-order valence-corrected chi connectivity index (χ4v) is 4.60. The minimum Gasteiger partial charge on any atom is -0.355 e. The normalized spacial score (nSPS) is 11.1. The summed E-state index contributed by atoms with van der Waals surface area (Å²) in [6.45, 7) is 4.82. The molecule has 0 aromatic heterocycles. The van der Waals surface area contributed by atoms with Crippen molar-refractivity contribution in [3.63, 3.8) is 0 Å². The molecular formula is C9H18NO2PS2. The Morgan fingerprint density at radius 1 is 1.53 bits per heavy atom. The number of aldehydes is 1. The van der Waals surface area contributed by atoms with Crippen LogP contribution in [0.1, 0.15) is 33.1 Å². The van der Waals surface area contributed by atoms with Crippen LogP contribution in [0.25, 0.3) is 0 Å². The van der Waals surface area contributed by atoms with Crippen molar-refractivity contribution in [1.29, 1.82) is 0 Å². The topological polar surface area (TPSA) is 46.2 Å². The highest BCUT2D eigenvalue weighted by Gasteiger charge is 2.18. The van der Waals surface area contributed by atoms with E-state index in [4.69, 9.17) is 0 Å². The van der Waals surface area contributed by atoms with Crippen molar-refractivity contribution in [3.8, 4) is 0 Å². The molecule has 6 heteroatoms. The third kappa shape index (κ3) is 9.21. The number of carbonyl (C=O) groups is 2. The van der Waals surface area contributed by atoms with Crippen molar-refractivity contribution in [2.24, 2.45) is 0 Å². The van der Waals surface area contributed by atoms with E-state index in [2.05, 4.69) is 27.6 Å². The number of hydrogen-bond acceptors (Lipinski definition) is 4. The van der Waals surface area contributed by atoms with E-state index in [-0.39, 0.29) is 10.7 Å². The molecule has 0 bridgehead atoms. The van der Waals surface area contributed by atoms with Crippen LogP contribution in [0.5, 0.6) is 0 Å². The maximum absolute atomic E-state index is 11.3. The summed E-state index contributed by atoms with van der Waals surface area (Å²) in [5.41, 5.74) is 0. The molecule has 0 saturated heterocycles. The van der Waals surface area contributed by atoms with Crippen molar-refractivity contribution < 1.29 is 9.59 Å². The predicted molar refractivity (Wildman–Crippen MR) is 71.9 cm³/mol. The lowest BCUT2D eigenvalue weighted by Crippen LogP contribution is -2.35. The molecule has 0 heterocycles. The van der Waals surface area contributed by atoms with Crippen LogP contribution < -0.4 is 5.32 Å². The molecule has 3 nitrogen and oxygen atoms in total. The van der Waals surface area contributed by atoms with Crippen LogP contribution >= 0.6 is 29.6 Å². The summed E-state index contributed by atoms with van der Waals surface area (Å²) < 4.78 is 0.0345. The van der Waals surface area contributed by atoms with Gasteiger partial charge in [-0.1, -0.05) is 29.6 Å². The van der Waals surface area contributed by atoms with Gasteiger partial charge in [0.05, 0.1) is 0 Å². The Kier molecular flexibility index (Phi) is 8.58. The third-order valence-corrected chi connectivity index (χ3v) is 4.91. The highest BCUT2D eigenvalue weighted by Crippen LogP contribution is 2.39. The van der Waals surface area contributed by atoms with E-state index in [0.29, 0.717) is 25.8 Å². The summed E-state index contributed by atoms with van der Waals surface area (Å²) in [6.07, 6.45) is 2.39. The minimum atomic E-state index is 0.0271. The Morgan fingerprint density at radius 2 is 2.20 bits per heavy atom. The Labute approximate surface area is 101 Å². The number of hydrogen-bond donors (Lipinski definition) is 1. The van der Waals surface area contributed by atoms with E-state index in [9.17, 15) is 9.59 Å². The zero-order valence-corrected chi connectivity index (χ0v) is 11.9. The molecule has 0 aromatic rings. The molecule has 0 aromatic carbocycles. The van der Waals surface area contributed by atoms with E-state index in [1.54, 1.807) is 21.2 Å². The Hall–Kier alpha value is 0.270. The average Bonchev–Trinajstić information content (AvgIpc) is 2.15. The maximum Gasteiger partial charge on any atom is 0.220 e. The standard InChI is InChI=1S/C9H18NO2PS2/c1-9(2,14-15-13)7-10-8(12)5-3-4-6-11/h6H,3-5,7,13H2,1-2H3,(H,10,12). The van der Waals surface area contributed by atoms with Crippen LogP contribution in [0.3, 0.4) is 0 Å². The molecule has 1 N–H and O–H groups in total. The summed E-state index contributed by atoms with van der Waals surface area (Å²) in [7, 11) is 5.91. The Morgan fingerprint density at radius 3 is 2.73 bits per heavy atom. The van der Waals surface area contributed by atoms with Gasteiger partial charge < -0.3 is 10.1 Å². The van der Waals surface area contributed by atoms with Crippen LogP contribution in [-0.2, 0) is 9.59 Å². The molecule has 0 fully saturated rings. The van der Waals surface area contributed by atoms with Crippen LogP contribution in [0.15, 0.2) is 0 Å². The molecular weight excluding hydrogens is 249 g/mol. The quantitative estimate of drug-likeness (QED) is 0.317. The Bertz CT molecular complexity index is 212. The van der Waals surface area contributed by atoms with Crippen molar-refractivity contribution in [3.05, 3.63) is 0 Å². The molecule has 0 spiro atoms. The summed E-state index contributed by atoms with van der Waals surface area (Å²) in [6, 6.07) is 0. The number of unbranched alkanes of at least 4 members (excludes halogenated alkanes) is 1. The first-order chi connectivity index (χ1) is 7.02. The molecule has 1 amide bonds. The van der Waals surface area contributed by atoms with Crippen LogP contribution in [0, 0.1) is 0 Å². The van der Waals surface area contributed by atoms with Gasteiger partial charge in [-0.25, -0.2) is 0 Å². The van der Waals surface area contributed by atoms with Gasteiger partial charge in [0.15, 0.2) is 0 Å². The fraction of sp³-hybridized carbons (Fsp3) is 0.778. The van der Waals surface area contributed by atoms with Crippen LogP contribution in [-0.4, -0.2) is 23.5 Å². The summed E-state index contributed by atoms with van der Waals surface area (Å²) in [4.78, 5) is 21.4. The highest BCUT2D eigenvalue weighted by molar-refractivity contribution is 8.94. The lowest BCUT2D eigenvalue weighted by atomic mass is 10.2. The van der Waals surface area contributed by atoms with Crippen molar-refractivity contribution in [1.82, 2.24) is 5.32 Å². The van der Waals surface area contributed by atoms with Gasteiger partial charge in [-0.3, -0.25) is 4.79 Å². The number of rotatable bonds is 8. The number of carbonyl (C=O) groups excluding carboxylic acids is 2. The molecule has 1 atom stereocenters. The zero-order chi connectivity index (χ0) is 11.7. The van der Waals surface area contributed by atoms with Gasteiger partial charge in [0.2, 0.25) is 5.91 Å². The first-order valence-electron chi connectivity index (χ1n) is 4.77. The van der Waals surface area contributed by atoms with E-state index in [1.165, 1.54) is 0 Å². The van der Waals surface area contributed by atoms with Crippen molar-refractivity contribution in [2.45, 2.75) is 37.9 Å². The molecule has 15 heavy (non-hydrogen) atoms. The minimum absolute atomic E-state index is 0.0271. The van der Waals surface area contributed by atoms with Crippen LogP contribution in [0.4, 0.5) is 0 Å². The van der Waals surface area contributed by atoms with Gasteiger partial charge in [-0.05, 0) is 20.3 Å². The first kappa shape index (κ1) is 15.3. The zero-order valence-electron chi connectivity index (χ0n) is 9.12. The van der Waals surface area contributed by atoms with E-state index < -0.39 is 0 Å². The second-order valence-electron chi connectivity index (χ2n) is 3.77. The second kappa shape index (κ2) is 8.43. The molecule has 88 valence electrons. The lowest BCUT2D eigenvalue weighted by molar-refractivity contribution is -0.121. The molecule has 0 radical (unpaired) electrons. The molecule has 0 aliphatic carbocycles. The van der Waals surface area contributed by atoms with Gasteiger partial charge in [0.1, 0.15) is 6.29 Å². The molecule has 1 unspecified atom stereocenters. The average molecular weight is 267 g/mol. The summed E-state index contributed by atoms with van der Waals surface area (Å²) in [5.74, 6) is 0.0271. The van der Waals surface area contributed by atoms with Gasteiger partial charge in [0.25, 0.3) is 0 Å². The van der Waals surface area contributed by atoms with E-state index >= 15 is 0 Å². The summed E-state index contributed by atoms with van der Waals surface area (Å²) in [5, 5.41) is 2.87. The van der Waals surface area contributed by atoms with Crippen molar-refractivity contribution >= 4 is 41.8 Å². The molecule has 0 aliphatic heterocycles. The maximum atomic E-state index is 11.3.